The molecule has 0 saturated carbocycles. The van der Waals surface area contributed by atoms with E-state index in [2.05, 4.69) is 25.7 Å². The number of nitrogens with one attached hydrogen (secondary N) is 2. The number of H-pyrrole nitrogens is 1. The van der Waals surface area contributed by atoms with Gasteiger partial charge in [0.05, 0.1) is 5.39 Å². The van der Waals surface area contributed by atoms with Crippen molar-refractivity contribution in [3.63, 3.8) is 0 Å². The Morgan fingerprint density at radius 2 is 2.10 bits per heavy atom. The molecule has 0 saturated heterocycles. The number of benzene rings is 1. The Hall–Kier alpha value is -2.54. The fourth-order valence-corrected chi connectivity index (χ4v) is 2.09. The second-order valence-corrected chi connectivity index (χ2v) is 4.86. The molecule has 1 unspecified atom stereocenters. The van der Waals surface area contributed by atoms with Gasteiger partial charge >= 0.3 is 0 Å². The minimum atomic E-state index is -0.238. The highest BCUT2D eigenvalue weighted by molar-refractivity contribution is 5.91. The number of hydrogen-bond donors (Lipinski definition) is 2. The van der Waals surface area contributed by atoms with Gasteiger partial charge in [-0.1, -0.05) is 23.4 Å². The van der Waals surface area contributed by atoms with E-state index in [1.165, 1.54) is 0 Å². The first-order chi connectivity index (χ1) is 10.2. The van der Waals surface area contributed by atoms with Crippen LogP contribution >= 0.6 is 0 Å². The van der Waals surface area contributed by atoms with E-state index in [1.54, 1.807) is 12.1 Å². The van der Waals surface area contributed by atoms with Crippen LogP contribution in [0.5, 0.6) is 0 Å². The van der Waals surface area contributed by atoms with Crippen LogP contribution in [0, 0.1) is 0 Å². The number of likely N-dealkylation sites (N-methyl/N-ethyl adjacent to an activating group) is 1. The first-order valence-corrected chi connectivity index (χ1v) is 6.66. The number of aromatic nitrogens is 4. The number of fused-ring (bicyclic) bond motifs is 1. The molecule has 2 aromatic heterocycles. The molecule has 0 bridgehead atoms. The SMILES string of the molecule is CNC(C)Cc1noc(-c2n[nH]c(=O)c3ccccc23)n1. The molecule has 0 radical (unpaired) electrons. The zero-order valence-electron chi connectivity index (χ0n) is 11.8. The van der Waals surface area contributed by atoms with Crippen LogP contribution in [0.3, 0.4) is 0 Å². The number of nitrogens with zero attached hydrogens (tertiary/aromatic N) is 3. The van der Waals surface area contributed by atoms with Crippen LogP contribution in [0.1, 0.15) is 12.7 Å². The van der Waals surface area contributed by atoms with E-state index in [1.807, 2.05) is 26.1 Å². The molecule has 7 heteroatoms. The number of rotatable bonds is 4. The molecule has 0 fully saturated rings. The molecule has 0 amide bonds. The lowest BCUT2D eigenvalue weighted by Crippen LogP contribution is -2.24. The van der Waals surface area contributed by atoms with E-state index in [9.17, 15) is 4.79 Å². The predicted octanol–water partition coefficient (Wildman–Crippen LogP) is 1.12. The maximum absolute atomic E-state index is 11.8. The summed E-state index contributed by atoms with van der Waals surface area (Å²) < 4.78 is 5.27. The molecular weight excluding hydrogens is 270 g/mol. The van der Waals surface area contributed by atoms with Gasteiger partial charge in [0.1, 0.15) is 0 Å². The standard InChI is InChI=1S/C14H15N5O2/c1-8(15-2)7-11-16-14(21-19-11)12-9-5-3-4-6-10(9)13(20)18-17-12/h3-6,8,15H,7H2,1-2H3,(H,18,20). The minimum absolute atomic E-state index is 0.238. The summed E-state index contributed by atoms with van der Waals surface area (Å²) in [4.78, 5) is 16.1. The lowest BCUT2D eigenvalue weighted by Gasteiger charge is -2.04. The molecule has 0 aliphatic carbocycles. The third kappa shape index (κ3) is 2.55. The summed E-state index contributed by atoms with van der Waals surface area (Å²) in [6.07, 6.45) is 0.654. The molecule has 0 aliphatic rings. The number of aromatic amines is 1. The first-order valence-electron chi connectivity index (χ1n) is 6.66. The Balaban J connectivity index is 2.05. The lowest BCUT2D eigenvalue weighted by molar-refractivity contribution is 0.417. The van der Waals surface area contributed by atoms with Crippen molar-refractivity contribution in [3.8, 4) is 11.6 Å². The molecule has 3 rings (SSSR count). The van der Waals surface area contributed by atoms with Crippen molar-refractivity contribution in [2.45, 2.75) is 19.4 Å². The van der Waals surface area contributed by atoms with Crippen LogP contribution in [-0.4, -0.2) is 33.4 Å². The molecule has 7 nitrogen and oxygen atoms in total. The summed E-state index contributed by atoms with van der Waals surface area (Å²) >= 11 is 0. The fraction of sp³-hybridized carbons (Fsp3) is 0.286. The molecule has 2 heterocycles. The largest absolute Gasteiger partial charge is 0.332 e. The van der Waals surface area contributed by atoms with E-state index in [-0.39, 0.29) is 11.6 Å². The van der Waals surface area contributed by atoms with Crippen LogP contribution in [0.2, 0.25) is 0 Å². The number of hydrogen-bond acceptors (Lipinski definition) is 6. The molecule has 2 N–H and O–H groups in total. The summed E-state index contributed by atoms with van der Waals surface area (Å²) in [7, 11) is 1.88. The average Bonchev–Trinajstić information content (AvgIpc) is 2.96. The Bertz CT molecular complexity index is 823. The molecule has 108 valence electrons. The van der Waals surface area contributed by atoms with Crippen LogP contribution in [-0.2, 0) is 6.42 Å². The maximum Gasteiger partial charge on any atom is 0.279 e. The molecule has 0 spiro atoms. The van der Waals surface area contributed by atoms with Crippen molar-refractivity contribution in [2.75, 3.05) is 7.05 Å². The Kier molecular flexibility index (Phi) is 3.49. The van der Waals surface area contributed by atoms with E-state index in [4.69, 9.17) is 4.52 Å². The van der Waals surface area contributed by atoms with Crippen molar-refractivity contribution < 1.29 is 4.52 Å². The van der Waals surface area contributed by atoms with Crippen molar-refractivity contribution in [1.82, 2.24) is 25.7 Å². The molecule has 21 heavy (non-hydrogen) atoms. The van der Waals surface area contributed by atoms with Crippen LogP contribution in [0.4, 0.5) is 0 Å². The van der Waals surface area contributed by atoms with Crippen molar-refractivity contribution in [3.05, 3.63) is 40.4 Å². The van der Waals surface area contributed by atoms with E-state index >= 15 is 0 Å². The fourth-order valence-electron chi connectivity index (χ4n) is 2.09. The summed E-state index contributed by atoms with van der Waals surface area (Å²) in [5.74, 6) is 0.907. The highest BCUT2D eigenvalue weighted by Gasteiger charge is 2.16. The predicted molar refractivity (Wildman–Crippen MR) is 77.9 cm³/mol. The molecule has 1 aromatic carbocycles. The summed E-state index contributed by atoms with van der Waals surface area (Å²) in [6.45, 7) is 2.03. The van der Waals surface area contributed by atoms with Gasteiger partial charge in [0.2, 0.25) is 0 Å². The van der Waals surface area contributed by atoms with E-state index in [0.717, 1.165) is 0 Å². The van der Waals surface area contributed by atoms with Crippen molar-refractivity contribution in [1.29, 1.82) is 0 Å². The smallest absolute Gasteiger partial charge is 0.279 e. The van der Waals surface area contributed by atoms with Crippen LogP contribution in [0.25, 0.3) is 22.4 Å². The van der Waals surface area contributed by atoms with E-state index in [0.29, 0.717) is 34.6 Å². The topological polar surface area (TPSA) is 96.7 Å². The van der Waals surface area contributed by atoms with Crippen molar-refractivity contribution in [2.24, 2.45) is 0 Å². The van der Waals surface area contributed by atoms with Gasteiger partial charge < -0.3 is 9.84 Å². The molecular formula is C14H15N5O2. The van der Waals surface area contributed by atoms with Crippen LogP contribution in [0.15, 0.2) is 33.6 Å². The Morgan fingerprint density at radius 1 is 1.33 bits per heavy atom. The highest BCUT2D eigenvalue weighted by Crippen LogP contribution is 2.22. The Morgan fingerprint density at radius 3 is 2.86 bits per heavy atom. The highest BCUT2D eigenvalue weighted by atomic mass is 16.5. The average molecular weight is 285 g/mol. The van der Waals surface area contributed by atoms with Gasteiger partial charge in [0, 0.05) is 17.8 Å². The van der Waals surface area contributed by atoms with Crippen molar-refractivity contribution >= 4 is 10.8 Å². The normalized spacial score (nSPS) is 12.7. The van der Waals surface area contributed by atoms with Gasteiger partial charge in [-0.25, -0.2) is 5.10 Å². The van der Waals surface area contributed by atoms with Gasteiger partial charge in [-0.2, -0.15) is 10.1 Å². The zero-order valence-corrected chi connectivity index (χ0v) is 11.8. The van der Waals surface area contributed by atoms with Crippen LogP contribution < -0.4 is 10.9 Å². The summed E-state index contributed by atoms with van der Waals surface area (Å²) in [6, 6.07) is 7.44. The third-order valence-electron chi connectivity index (χ3n) is 3.35. The second kappa shape index (κ2) is 5.45. The van der Waals surface area contributed by atoms with E-state index < -0.39 is 0 Å². The van der Waals surface area contributed by atoms with Gasteiger partial charge in [0.25, 0.3) is 11.4 Å². The van der Waals surface area contributed by atoms with Gasteiger partial charge in [-0.05, 0) is 20.0 Å². The third-order valence-corrected chi connectivity index (χ3v) is 3.35. The maximum atomic E-state index is 11.8. The molecule has 0 aliphatic heterocycles. The Labute approximate surface area is 120 Å². The molecule has 3 aromatic rings. The lowest BCUT2D eigenvalue weighted by atomic mass is 10.1. The summed E-state index contributed by atoms with van der Waals surface area (Å²) in [5.41, 5.74) is 0.249. The monoisotopic (exact) mass is 285 g/mol. The zero-order chi connectivity index (χ0) is 14.8. The second-order valence-electron chi connectivity index (χ2n) is 4.86. The van der Waals surface area contributed by atoms with Gasteiger partial charge in [0.15, 0.2) is 11.5 Å². The summed E-state index contributed by atoms with van der Waals surface area (Å²) in [5, 5.41) is 14.8. The minimum Gasteiger partial charge on any atom is -0.332 e. The van der Waals surface area contributed by atoms with Gasteiger partial charge in [-0.3, -0.25) is 4.79 Å². The first kappa shape index (κ1) is 13.4. The quantitative estimate of drug-likeness (QED) is 0.745. The molecule has 1 atom stereocenters. The van der Waals surface area contributed by atoms with Gasteiger partial charge in [-0.15, -0.1) is 0 Å².